The Kier molecular flexibility index (Phi) is 5.81. The Labute approximate surface area is 169 Å². The van der Waals surface area contributed by atoms with Crippen LogP contribution in [0, 0.1) is 5.82 Å². The molecule has 1 saturated heterocycles. The maximum Gasteiger partial charge on any atom is 0.246 e. The van der Waals surface area contributed by atoms with Crippen LogP contribution in [0.2, 0.25) is 0 Å². The van der Waals surface area contributed by atoms with Gasteiger partial charge in [0.2, 0.25) is 5.91 Å². The minimum absolute atomic E-state index is 0.117. The van der Waals surface area contributed by atoms with Crippen LogP contribution >= 0.6 is 0 Å². The molecule has 6 heteroatoms. The van der Waals surface area contributed by atoms with Crippen molar-refractivity contribution in [2.75, 3.05) is 36.4 Å². The largest absolute Gasteiger partial charge is 0.354 e. The van der Waals surface area contributed by atoms with Gasteiger partial charge in [-0.3, -0.25) is 9.69 Å². The van der Waals surface area contributed by atoms with Crippen molar-refractivity contribution in [1.29, 1.82) is 0 Å². The average molecular weight is 390 g/mol. The molecule has 1 aliphatic heterocycles. The van der Waals surface area contributed by atoms with E-state index in [1.807, 2.05) is 48.5 Å². The topological polar surface area (TPSA) is 48.5 Å². The zero-order valence-electron chi connectivity index (χ0n) is 16.0. The predicted octanol–water partition coefficient (Wildman–Crippen LogP) is 3.72. The third-order valence-corrected chi connectivity index (χ3v) is 5.13. The van der Waals surface area contributed by atoms with Gasteiger partial charge in [0.05, 0.1) is 0 Å². The number of nitrogens with zero attached hydrogens (tertiary/aromatic N) is 3. The van der Waals surface area contributed by atoms with Crippen LogP contribution in [0.1, 0.15) is 11.6 Å². The summed E-state index contributed by atoms with van der Waals surface area (Å²) in [5.74, 6) is 0.515. The number of anilines is 2. The second-order valence-electron chi connectivity index (χ2n) is 7.02. The molecule has 0 aliphatic carbocycles. The lowest BCUT2D eigenvalue weighted by Crippen LogP contribution is -2.50. The Morgan fingerprint density at radius 1 is 0.897 bits per heavy atom. The SMILES string of the molecule is O=C(Nc1ccc(F)cc1)C(c1ccccc1)N1CCN(c2ccccn2)CC1. The highest BCUT2D eigenvalue weighted by molar-refractivity contribution is 5.95. The van der Waals surface area contributed by atoms with Crippen LogP contribution in [-0.2, 0) is 4.79 Å². The number of hydrogen-bond acceptors (Lipinski definition) is 4. The van der Waals surface area contributed by atoms with Crippen LogP contribution in [0.15, 0.2) is 79.0 Å². The second kappa shape index (κ2) is 8.84. The Bertz CT molecular complexity index is 926. The lowest BCUT2D eigenvalue weighted by atomic mass is 10.0. The molecule has 2 aromatic carbocycles. The van der Waals surface area contributed by atoms with E-state index in [1.54, 1.807) is 18.3 Å². The van der Waals surface area contributed by atoms with Gasteiger partial charge in [0, 0.05) is 38.1 Å². The zero-order chi connectivity index (χ0) is 20.1. The van der Waals surface area contributed by atoms with Gasteiger partial charge in [0.15, 0.2) is 0 Å². The number of nitrogens with one attached hydrogen (secondary N) is 1. The summed E-state index contributed by atoms with van der Waals surface area (Å²) in [7, 11) is 0. The Hall–Kier alpha value is -3.25. The van der Waals surface area contributed by atoms with Gasteiger partial charge in [-0.05, 0) is 42.0 Å². The first kappa shape index (κ1) is 19.1. The summed E-state index contributed by atoms with van der Waals surface area (Å²) in [6.45, 7) is 3.08. The van der Waals surface area contributed by atoms with Gasteiger partial charge in [-0.25, -0.2) is 9.37 Å². The molecule has 1 aliphatic rings. The lowest BCUT2D eigenvalue weighted by Gasteiger charge is -2.39. The molecule has 4 rings (SSSR count). The average Bonchev–Trinajstić information content (AvgIpc) is 2.77. The zero-order valence-corrected chi connectivity index (χ0v) is 16.0. The fraction of sp³-hybridized carbons (Fsp3) is 0.217. The number of carbonyl (C=O) groups excluding carboxylic acids is 1. The quantitative estimate of drug-likeness (QED) is 0.721. The van der Waals surface area contributed by atoms with Crippen LogP contribution in [0.3, 0.4) is 0 Å². The Balaban J connectivity index is 1.51. The molecule has 0 spiro atoms. The maximum absolute atomic E-state index is 13.2. The maximum atomic E-state index is 13.2. The number of hydrogen-bond donors (Lipinski definition) is 1. The molecule has 3 aromatic rings. The van der Waals surface area contributed by atoms with Gasteiger partial charge >= 0.3 is 0 Å². The summed E-state index contributed by atoms with van der Waals surface area (Å²) in [4.78, 5) is 22.0. The van der Waals surface area contributed by atoms with Crippen molar-refractivity contribution in [3.05, 3.63) is 90.4 Å². The monoisotopic (exact) mass is 390 g/mol. The molecule has 0 radical (unpaired) electrons. The number of rotatable bonds is 5. The summed E-state index contributed by atoms with van der Waals surface area (Å²) in [5, 5.41) is 2.93. The van der Waals surface area contributed by atoms with E-state index in [4.69, 9.17) is 0 Å². The summed E-state index contributed by atoms with van der Waals surface area (Å²) in [5.41, 5.74) is 1.53. The Morgan fingerprint density at radius 2 is 1.59 bits per heavy atom. The van der Waals surface area contributed by atoms with Gasteiger partial charge in [-0.1, -0.05) is 36.4 Å². The van der Waals surface area contributed by atoms with Crippen molar-refractivity contribution < 1.29 is 9.18 Å². The van der Waals surface area contributed by atoms with Gasteiger partial charge in [0.1, 0.15) is 17.7 Å². The van der Waals surface area contributed by atoms with E-state index in [0.29, 0.717) is 5.69 Å². The molecule has 1 fully saturated rings. The van der Waals surface area contributed by atoms with E-state index >= 15 is 0 Å². The molecule has 1 unspecified atom stereocenters. The van der Waals surface area contributed by atoms with E-state index in [1.165, 1.54) is 12.1 Å². The third kappa shape index (κ3) is 4.60. The van der Waals surface area contributed by atoms with Crippen LogP contribution in [0.25, 0.3) is 0 Å². The summed E-state index contributed by atoms with van der Waals surface area (Å²) in [6.07, 6.45) is 1.80. The number of carbonyl (C=O) groups is 1. The summed E-state index contributed by atoms with van der Waals surface area (Å²) >= 11 is 0. The Morgan fingerprint density at radius 3 is 2.24 bits per heavy atom. The predicted molar refractivity (Wildman–Crippen MR) is 112 cm³/mol. The first-order valence-corrected chi connectivity index (χ1v) is 9.72. The molecule has 1 amide bonds. The lowest BCUT2D eigenvalue weighted by molar-refractivity contribution is -0.121. The van der Waals surface area contributed by atoms with Crippen LogP contribution < -0.4 is 10.2 Å². The number of amides is 1. The molecule has 0 bridgehead atoms. The first-order chi connectivity index (χ1) is 14.2. The van der Waals surface area contributed by atoms with Gasteiger partial charge in [0.25, 0.3) is 0 Å². The highest BCUT2D eigenvalue weighted by Crippen LogP contribution is 2.25. The van der Waals surface area contributed by atoms with Gasteiger partial charge < -0.3 is 10.2 Å². The summed E-state index contributed by atoms with van der Waals surface area (Å²) in [6, 6.07) is 21.1. The van der Waals surface area contributed by atoms with E-state index in [-0.39, 0.29) is 11.7 Å². The van der Waals surface area contributed by atoms with Crippen molar-refractivity contribution in [2.24, 2.45) is 0 Å². The molecule has 29 heavy (non-hydrogen) atoms. The van der Waals surface area contributed by atoms with Crippen molar-refractivity contribution in [2.45, 2.75) is 6.04 Å². The second-order valence-corrected chi connectivity index (χ2v) is 7.02. The fourth-order valence-electron chi connectivity index (χ4n) is 3.66. The van der Waals surface area contributed by atoms with Gasteiger partial charge in [-0.2, -0.15) is 0 Å². The fourth-order valence-corrected chi connectivity index (χ4v) is 3.66. The minimum atomic E-state index is -0.410. The number of pyridine rings is 1. The third-order valence-electron chi connectivity index (χ3n) is 5.13. The standard InChI is InChI=1S/C23H23FN4O/c24-19-9-11-20(12-10-19)26-23(29)22(18-6-2-1-3-7-18)28-16-14-27(15-17-28)21-8-4-5-13-25-21/h1-13,22H,14-17H2,(H,26,29). The summed E-state index contributed by atoms with van der Waals surface area (Å²) < 4.78 is 13.2. The van der Waals surface area contributed by atoms with Crippen molar-refractivity contribution in [3.8, 4) is 0 Å². The normalized spacial score (nSPS) is 15.7. The van der Waals surface area contributed by atoms with E-state index in [2.05, 4.69) is 20.1 Å². The van der Waals surface area contributed by atoms with Crippen molar-refractivity contribution in [1.82, 2.24) is 9.88 Å². The van der Waals surface area contributed by atoms with Crippen LogP contribution in [-0.4, -0.2) is 42.0 Å². The minimum Gasteiger partial charge on any atom is -0.354 e. The number of benzene rings is 2. The smallest absolute Gasteiger partial charge is 0.246 e. The highest BCUT2D eigenvalue weighted by Gasteiger charge is 2.30. The van der Waals surface area contributed by atoms with Gasteiger partial charge in [-0.15, -0.1) is 0 Å². The number of aromatic nitrogens is 1. The number of piperazine rings is 1. The molecule has 5 nitrogen and oxygen atoms in total. The molecule has 1 atom stereocenters. The van der Waals surface area contributed by atoms with Crippen LogP contribution in [0.4, 0.5) is 15.9 Å². The molecule has 1 N–H and O–H groups in total. The molecule has 1 aromatic heterocycles. The molecule has 2 heterocycles. The molecule has 0 saturated carbocycles. The molecular weight excluding hydrogens is 367 g/mol. The van der Waals surface area contributed by atoms with E-state index in [9.17, 15) is 9.18 Å². The van der Waals surface area contributed by atoms with Crippen molar-refractivity contribution >= 4 is 17.4 Å². The molecular formula is C23H23FN4O. The number of halogens is 1. The first-order valence-electron chi connectivity index (χ1n) is 9.72. The van der Waals surface area contributed by atoms with E-state index < -0.39 is 6.04 Å². The van der Waals surface area contributed by atoms with Crippen LogP contribution in [0.5, 0.6) is 0 Å². The van der Waals surface area contributed by atoms with Crippen molar-refractivity contribution in [3.63, 3.8) is 0 Å². The molecule has 148 valence electrons. The van der Waals surface area contributed by atoms with E-state index in [0.717, 1.165) is 37.6 Å². The highest BCUT2D eigenvalue weighted by atomic mass is 19.1.